The summed E-state index contributed by atoms with van der Waals surface area (Å²) in [7, 11) is 3.69. The van der Waals surface area contributed by atoms with Crippen LogP contribution in [0.1, 0.15) is 0 Å². The molecule has 0 radical (unpaired) electrons. The average molecular weight is 264 g/mol. The molecule has 1 heterocycles. The number of rotatable bonds is 2. The number of aryl methyl sites for hydroxylation is 1. The molecule has 0 aliphatic carbocycles. The Hall–Kier alpha value is -2.55. The van der Waals surface area contributed by atoms with Crippen LogP contribution in [0.2, 0.25) is 0 Å². The molecule has 0 fully saturated rings. The third-order valence-corrected chi connectivity index (χ3v) is 3.55. The molecule has 0 saturated carbocycles. The fourth-order valence-corrected chi connectivity index (χ4v) is 2.49. The van der Waals surface area contributed by atoms with E-state index in [9.17, 15) is 4.79 Å². The standard InChI is InChI=1S/C17H16N2O/c1-18-13-7-5-6-12(10-13)16-11-19(2)17(20)15-9-4-3-8-14(15)16/h3-11,18H,1-2H3. The van der Waals surface area contributed by atoms with Gasteiger partial charge in [0.25, 0.3) is 5.56 Å². The molecule has 0 unspecified atom stereocenters. The van der Waals surface area contributed by atoms with Crippen LogP contribution in [0.25, 0.3) is 21.9 Å². The summed E-state index contributed by atoms with van der Waals surface area (Å²) in [4.78, 5) is 12.2. The largest absolute Gasteiger partial charge is 0.388 e. The van der Waals surface area contributed by atoms with E-state index in [1.54, 1.807) is 11.6 Å². The van der Waals surface area contributed by atoms with Gasteiger partial charge in [-0.05, 0) is 29.1 Å². The van der Waals surface area contributed by atoms with Crippen molar-refractivity contribution in [3.05, 3.63) is 65.1 Å². The van der Waals surface area contributed by atoms with Crippen LogP contribution in [-0.2, 0) is 7.05 Å². The third-order valence-electron chi connectivity index (χ3n) is 3.55. The molecular weight excluding hydrogens is 248 g/mol. The molecule has 0 atom stereocenters. The molecule has 3 rings (SSSR count). The number of nitrogens with one attached hydrogen (secondary N) is 1. The highest BCUT2D eigenvalue weighted by Crippen LogP contribution is 2.28. The van der Waals surface area contributed by atoms with Crippen LogP contribution in [-0.4, -0.2) is 11.6 Å². The van der Waals surface area contributed by atoms with Gasteiger partial charge in [0, 0.05) is 36.9 Å². The highest BCUT2D eigenvalue weighted by atomic mass is 16.1. The van der Waals surface area contributed by atoms with Crippen molar-refractivity contribution in [2.75, 3.05) is 12.4 Å². The third kappa shape index (κ3) is 1.97. The minimum atomic E-state index is 0.0362. The van der Waals surface area contributed by atoms with E-state index >= 15 is 0 Å². The number of fused-ring (bicyclic) bond motifs is 1. The van der Waals surface area contributed by atoms with Crippen molar-refractivity contribution < 1.29 is 0 Å². The summed E-state index contributed by atoms with van der Waals surface area (Å²) in [5, 5.41) is 4.88. The first-order chi connectivity index (χ1) is 9.70. The van der Waals surface area contributed by atoms with Gasteiger partial charge in [0.2, 0.25) is 0 Å². The van der Waals surface area contributed by atoms with Crippen molar-refractivity contribution in [2.45, 2.75) is 0 Å². The van der Waals surface area contributed by atoms with Gasteiger partial charge in [-0.3, -0.25) is 4.79 Å². The van der Waals surface area contributed by atoms with E-state index in [4.69, 9.17) is 0 Å². The van der Waals surface area contributed by atoms with Crippen molar-refractivity contribution in [1.29, 1.82) is 0 Å². The summed E-state index contributed by atoms with van der Waals surface area (Å²) in [5.74, 6) is 0. The molecule has 100 valence electrons. The first kappa shape index (κ1) is 12.5. The second-order valence-electron chi connectivity index (χ2n) is 4.84. The van der Waals surface area contributed by atoms with Gasteiger partial charge in [0.1, 0.15) is 0 Å². The number of pyridine rings is 1. The molecule has 3 aromatic rings. The van der Waals surface area contributed by atoms with E-state index in [-0.39, 0.29) is 5.56 Å². The molecule has 1 N–H and O–H groups in total. The zero-order valence-electron chi connectivity index (χ0n) is 11.6. The minimum absolute atomic E-state index is 0.0362. The number of hydrogen-bond acceptors (Lipinski definition) is 2. The quantitative estimate of drug-likeness (QED) is 0.771. The Kier molecular flexibility index (Phi) is 3.03. The molecule has 0 bridgehead atoms. The SMILES string of the molecule is CNc1cccc(-c2cn(C)c(=O)c3ccccc23)c1. The maximum absolute atomic E-state index is 12.2. The first-order valence-electron chi connectivity index (χ1n) is 6.57. The van der Waals surface area contributed by atoms with Crippen molar-refractivity contribution in [3.8, 4) is 11.1 Å². The van der Waals surface area contributed by atoms with Crippen LogP contribution in [0.4, 0.5) is 5.69 Å². The number of aromatic nitrogens is 1. The second-order valence-corrected chi connectivity index (χ2v) is 4.84. The Labute approximate surface area is 117 Å². The molecule has 0 amide bonds. The van der Waals surface area contributed by atoms with Crippen LogP contribution in [0, 0.1) is 0 Å². The van der Waals surface area contributed by atoms with E-state index in [1.165, 1.54) is 0 Å². The fourth-order valence-electron chi connectivity index (χ4n) is 2.49. The molecule has 0 aliphatic rings. The van der Waals surface area contributed by atoms with E-state index in [1.807, 2.05) is 49.6 Å². The molecule has 0 saturated heterocycles. The molecule has 3 heteroatoms. The summed E-state index contributed by atoms with van der Waals surface area (Å²) in [6.07, 6.45) is 1.90. The van der Waals surface area contributed by atoms with Crippen LogP contribution >= 0.6 is 0 Å². The molecule has 3 nitrogen and oxygen atoms in total. The van der Waals surface area contributed by atoms with Crippen LogP contribution in [0.5, 0.6) is 0 Å². The predicted molar refractivity (Wildman–Crippen MR) is 84.2 cm³/mol. The fraction of sp³-hybridized carbons (Fsp3) is 0.118. The first-order valence-corrected chi connectivity index (χ1v) is 6.57. The van der Waals surface area contributed by atoms with Crippen LogP contribution in [0.15, 0.2) is 59.5 Å². The zero-order chi connectivity index (χ0) is 14.1. The van der Waals surface area contributed by atoms with Gasteiger partial charge in [-0.25, -0.2) is 0 Å². The number of benzene rings is 2. The molecule has 0 spiro atoms. The van der Waals surface area contributed by atoms with Crippen molar-refractivity contribution >= 4 is 16.5 Å². The maximum atomic E-state index is 12.2. The number of anilines is 1. The highest BCUT2D eigenvalue weighted by molar-refractivity contribution is 5.96. The number of hydrogen-bond donors (Lipinski definition) is 1. The van der Waals surface area contributed by atoms with Gasteiger partial charge < -0.3 is 9.88 Å². The average Bonchev–Trinajstić information content (AvgIpc) is 2.51. The lowest BCUT2D eigenvalue weighted by Gasteiger charge is -2.10. The van der Waals surface area contributed by atoms with Crippen LogP contribution < -0.4 is 10.9 Å². The predicted octanol–water partition coefficient (Wildman–Crippen LogP) is 3.25. The summed E-state index contributed by atoms with van der Waals surface area (Å²) in [6.45, 7) is 0. The Morgan fingerprint density at radius 3 is 2.50 bits per heavy atom. The van der Waals surface area contributed by atoms with E-state index < -0.39 is 0 Å². The molecule has 1 aromatic heterocycles. The van der Waals surface area contributed by atoms with Gasteiger partial charge >= 0.3 is 0 Å². The van der Waals surface area contributed by atoms with E-state index in [0.717, 1.165) is 27.6 Å². The summed E-state index contributed by atoms with van der Waals surface area (Å²) in [5.41, 5.74) is 3.26. The van der Waals surface area contributed by atoms with Crippen molar-refractivity contribution in [1.82, 2.24) is 4.57 Å². The van der Waals surface area contributed by atoms with Gasteiger partial charge in [-0.2, -0.15) is 0 Å². The summed E-state index contributed by atoms with van der Waals surface area (Å²) >= 11 is 0. The van der Waals surface area contributed by atoms with E-state index in [0.29, 0.717) is 0 Å². The Bertz CT molecular complexity index is 834. The number of nitrogens with zero attached hydrogens (tertiary/aromatic N) is 1. The lowest BCUT2D eigenvalue weighted by molar-refractivity contribution is 0.875. The van der Waals surface area contributed by atoms with Crippen molar-refractivity contribution in [3.63, 3.8) is 0 Å². The molecular formula is C17H16N2O. The lowest BCUT2D eigenvalue weighted by atomic mass is 10.0. The Balaban J connectivity index is 2.36. The smallest absolute Gasteiger partial charge is 0.258 e. The van der Waals surface area contributed by atoms with Gasteiger partial charge in [0.15, 0.2) is 0 Å². The lowest BCUT2D eigenvalue weighted by Crippen LogP contribution is -2.16. The van der Waals surface area contributed by atoms with Crippen LogP contribution in [0.3, 0.4) is 0 Å². The zero-order valence-corrected chi connectivity index (χ0v) is 11.6. The molecule has 2 aromatic carbocycles. The molecule has 0 aliphatic heterocycles. The maximum Gasteiger partial charge on any atom is 0.258 e. The minimum Gasteiger partial charge on any atom is -0.388 e. The van der Waals surface area contributed by atoms with E-state index in [2.05, 4.69) is 17.4 Å². The van der Waals surface area contributed by atoms with Gasteiger partial charge in [-0.15, -0.1) is 0 Å². The topological polar surface area (TPSA) is 34.0 Å². The Morgan fingerprint density at radius 1 is 1.00 bits per heavy atom. The second kappa shape index (κ2) is 4.85. The van der Waals surface area contributed by atoms with Gasteiger partial charge in [-0.1, -0.05) is 30.3 Å². The molecule has 20 heavy (non-hydrogen) atoms. The van der Waals surface area contributed by atoms with Crippen molar-refractivity contribution in [2.24, 2.45) is 7.05 Å². The Morgan fingerprint density at radius 2 is 1.75 bits per heavy atom. The summed E-state index contributed by atoms with van der Waals surface area (Å²) in [6, 6.07) is 15.9. The monoisotopic (exact) mass is 264 g/mol. The highest BCUT2D eigenvalue weighted by Gasteiger charge is 2.08. The van der Waals surface area contributed by atoms with Gasteiger partial charge in [0.05, 0.1) is 0 Å². The summed E-state index contributed by atoms with van der Waals surface area (Å²) < 4.78 is 1.64. The normalized spacial score (nSPS) is 10.7.